The molecule has 0 spiro atoms. The van der Waals surface area contributed by atoms with Crippen LogP contribution in [0.5, 0.6) is 0 Å². The van der Waals surface area contributed by atoms with Crippen LogP contribution in [-0.2, 0) is 0 Å². The summed E-state index contributed by atoms with van der Waals surface area (Å²) in [7, 11) is 0. The standard InChI is InChI=1S/C14H23BrN2O/c1-3-4-7-17(8-9-18)12-5-6-13(11(2)16)14(15)10-12/h5-6,10-11,18H,3-4,7-9,16H2,1-2H3/t11-/m1/s1. The van der Waals surface area contributed by atoms with E-state index in [2.05, 4.69) is 46.0 Å². The number of nitrogens with two attached hydrogens (primary N) is 1. The number of nitrogens with zero attached hydrogens (tertiary/aromatic N) is 1. The van der Waals surface area contributed by atoms with Crippen LogP contribution in [0.3, 0.4) is 0 Å². The highest BCUT2D eigenvalue weighted by Gasteiger charge is 2.10. The molecule has 0 aromatic heterocycles. The minimum atomic E-state index is 0.0235. The summed E-state index contributed by atoms with van der Waals surface area (Å²) >= 11 is 3.57. The van der Waals surface area contributed by atoms with Gasteiger partial charge in [-0.15, -0.1) is 0 Å². The third-order valence-electron chi connectivity index (χ3n) is 2.99. The molecule has 3 nitrogen and oxygen atoms in total. The maximum atomic E-state index is 9.14. The van der Waals surface area contributed by atoms with Crippen LogP contribution in [0.15, 0.2) is 22.7 Å². The molecular formula is C14H23BrN2O. The van der Waals surface area contributed by atoms with Gasteiger partial charge in [0.05, 0.1) is 6.61 Å². The summed E-state index contributed by atoms with van der Waals surface area (Å²) in [6.07, 6.45) is 2.29. The summed E-state index contributed by atoms with van der Waals surface area (Å²) in [5.74, 6) is 0. The van der Waals surface area contributed by atoms with Crippen LogP contribution < -0.4 is 10.6 Å². The highest BCUT2D eigenvalue weighted by molar-refractivity contribution is 9.10. The summed E-state index contributed by atoms with van der Waals surface area (Å²) in [5, 5.41) is 9.14. The Bertz CT molecular complexity index is 369. The van der Waals surface area contributed by atoms with E-state index in [9.17, 15) is 0 Å². The summed E-state index contributed by atoms with van der Waals surface area (Å²) in [6, 6.07) is 6.24. The number of halogens is 1. The lowest BCUT2D eigenvalue weighted by atomic mass is 10.1. The predicted molar refractivity (Wildman–Crippen MR) is 81.0 cm³/mol. The van der Waals surface area contributed by atoms with Gasteiger partial charge in [0, 0.05) is 29.3 Å². The summed E-state index contributed by atoms with van der Waals surface area (Å²) in [5.41, 5.74) is 8.14. The number of hydrogen-bond acceptors (Lipinski definition) is 3. The molecule has 0 heterocycles. The first-order valence-electron chi connectivity index (χ1n) is 6.51. The highest BCUT2D eigenvalue weighted by Crippen LogP contribution is 2.27. The van der Waals surface area contributed by atoms with E-state index >= 15 is 0 Å². The van der Waals surface area contributed by atoms with Crippen molar-refractivity contribution in [2.24, 2.45) is 5.73 Å². The summed E-state index contributed by atoms with van der Waals surface area (Å²) in [6.45, 7) is 5.97. The second kappa shape index (κ2) is 7.77. The molecule has 0 saturated heterocycles. The van der Waals surface area contributed by atoms with Gasteiger partial charge in [-0.1, -0.05) is 35.3 Å². The Morgan fingerprint density at radius 3 is 2.61 bits per heavy atom. The topological polar surface area (TPSA) is 49.5 Å². The van der Waals surface area contributed by atoms with Gasteiger partial charge in [0.2, 0.25) is 0 Å². The molecule has 18 heavy (non-hydrogen) atoms. The minimum absolute atomic E-state index is 0.0235. The molecule has 0 aliphatic heterocycles. The van der Waals surface area contributed by atoms with Crippen LogP contribution in [0.1, 0.15) is 38.3 Å². The van der Waals surface area contributed by atoms with Gasteiger partial charge in [-0.2, -0.15) is 0 Å². The Morgan fingerprint density at radius 2 is 2.11 bits per heavy atom. The molecule has 0 saturated carbocycles. The molecule has 1 rings (SSSR count). The molecule has 1 aromatic rings. The molecule has 0 amide bonds. The average molecular weight is 315 g/mol. The smallest absolute Gasteiger partial charge is 0.0606 e. The fourth-order valence-corrected chi connectivity index (χ4v) is 2.65. The van der Waals surface area contributed by atoms with Crippen LogP contribution >= 0.6 is 15.9 Å². The summed E-state index contributed by atoms with van der Waals surface area (Å²) in [4.78, 5) is 2.21. The first-order chi connectivity index (χ1) is 8.60. The Labute approximate surface area is 118 Å². The van der Waals surface area contributed by atoms with Crippen molar-refractivity contribution in [3.05, 3.63) is 28.2 Å². The first kappa shape index (κ1) is 15.5. The van der Waals surface area contributed by atoms with Crippen molar-refractivity contribution in [2.45, 2.75) is 32.7 Å². The van der Waals surface area contributed by atoms with Crippen molar-refractivity contribution in [2.75, 3.05) is 24.6 Å². The second-order valence-corrected chi connectivity index (χ2v) is 5.41. The van der Waals surface area contributed by atoms with Crippen molar-refractivity contribution in [3.8, 4) is 0 Å². The SMILES string of the molecule is CCCCN(CCO)c1ccc([C@@H](C)N)c(Br)c1. The average Bonchev–Trinajstić information content (AvgIpc) is 2.33. The quantitative estimate of drug-likeness (QED) is 0.813. The van der Waals surface area contributed by atoms with Gasteiger partial charge in [-0.3, -0.25) is 0 Å². The zero-order valence-corrected chi connectivity index (χ0v) is 12.8. The molecule has 0 aliphatic rings. The van der Waals surface area contributed by atoms with Gasteiger partial charge in [0.1, 0.15) is 0 Å². The number of unbranched alkanes of at least 4 members (excludes halogenated alkanes) is 1. The maximum Gasteiger partial charge on any atom is 0.0606 e. The summed E-state index contributed by atoms with van der Waals surface area (Å²) < 4.78 is 1.04. The van der Waals surface area contributed by atoms with E-state index in [0.717, 1.165) is 35.1 Å². The molecule has 3 N–H and O–H groups in total. The first-order valence-corrected chi connectivity index (χ1v) is 7.30. The number of aliphatic hydroxyl groups is 1. The lowest BCUT2D eigenvalue weighted by molar-refractivity contribution is 0.301. The fraction of sp³-hybridized carbons (Fsp3) is 0.571. The van der Waals surface area contributed by atoms with Crippen LogP contribution in [0, 0.1) is 0 Å². The van der Waals surface area contributed by atoms with Gasteiger partial charge < -0.3 is 15.7 Å². The Hall–Kier alpha value is -0.580. The predicted octanol–water partition coefficient (Wildman–Crippen LogP) is 3.07. The van der Waals surface area contributed by atoms with Gasteiger partial charge in [0.15, 0.2) is 0 Å². The highest BCUT2D eigenvalue weighted by atomic mass is 79.9. The number of rotatable bonds is 7. The van der Waals surface area contributed by atoms with E-state index in [1.807, 2.05) is 6.92 Å². The number of anilines is 1. The molecule has 0 unspecified atom stereocenters. The third kappa shape index (κ3) is 4.26. The van der Waals surface area contributed by atoms with Crippen molar-refractivity contribution in [1.29, 1.82) is 0 Å². The molecular weight excluding hydrogens is 292 g/mol. The lowest BCUT2D eigenvalue weighted by Crippen LogP contribution is -2.27. The Morgan fingerprint density at radius 1 is 1.39 bits per heavy atom. The largest absolute Gasteiger partial charge is 0.395 e. The number of hydrogen-bond donors (Lipinski definition) is 2. The van der Waals surface area contributed by atoms with Gasteiger partial charge in [-0.05, 0) is 31.0 Å². The molecule has 1 atom stereocenters. The monoisotopic (exact) mass is 314 g/mol. The molecule has 102 valence electrons. The third-order valence-corrected chi connectivity index (χ3v) is 3.68. The normalized spacial score (nSPS) is 12.5. The molecule has 1 aromatic carbocycles. The number of aliphatic hydroxyl groups excluding tert-OH is 1. The van der Waals surface area contributed by atoms with Crippen molar-refractivity contribution < 1.29 is 5.11 Å². The van der Waals surface area contributed by atoms with Crippen LogP contribution in [-0.4, -0.2) is 24.8 Å². The molecule has 4 heteroatoms. The van der Waals surface area contributed by atoms with E-state index in [1.54, 1.807) is 0 Å². The van der Waals surface area contributed by atoms with Crippen molar-refractivity contribution in [1.82, 2.24) is 0 Å². The second-order valence-electron chi connectivity index (χ2n) is 4.56. The van der Waals surface area contributed by atoms with Crippen molar-refractivity contribution in [3.63, 3.8) is 0 Å². The van der Waals surface area contributed by atoms with Crippen LogP contribution in [0.2, 0.25) is 0 Å². The van der Waals surface area contributed by atoms with Crippen LogP contribution in [0.4, 0.5) is 5.69 Å². The molecule has 0 bridgehead atoms. The van der Waals surface area contributed by atoms with Gasteiger partial charge in [0.25, 0.3) is 0 Å². The van der Waals surface area contributed by atoms with E-state index in [0.29, 0.717) is 6.54 Å². The van der Waals surface area contributed by atoms with E-state index < -0.39 is 0 Å². The minimum Gasteiger partial charge on any atom is -0.395 e. The van der Waals surface area contributed by atoms with Gasteiger partial charge in [-0.25, -0.2) is 0 Å². The zero-order chi connectivity index (χ0) is 13.5. The van der Waals surface area contributed by atoms with Crippen LogP contribution in [0.25, 0.3) is 0 Å². The molecule has 0 aliphatic carbocycles. The van der Waals surface area contributed by atoms with E-state index in [1.165, 1.54) is 0 Å². The van der Waals surface area contributed by atoms with Gasteiger partial charge >= 0.3 is 0 Å². The maximum absolute atomic E-state index is 9.14. The van der Waals surface area contributed by atoms with E-state index in [4.69, 9.17) is 10.8 Å². The fourth-order valence-electron chi connectivity index (χ4n) is 1.92. The molecule has 0 fully saturated rings. The number of benzene rings is 1. The molecule has 0 radical (unpaired) electrons. The lowest BCUT2D eigenvalue weighted by Gasteiger charge is -2.25. The zero-order valence-electron chi connectivity index (χ0n) is 11.2. The Kier molecular flexibility index (Phi) is 6.68. The van der Waals surface area contributed by atoms with E-state index in [-0.39, 0.29) is 12.6 Å². The van der Waals surface area contributed by atoms with Crippen molar-refractivity contribution >= 4 is 21.6 Å². The Balaban J connectivity index is 2.88.